The number of halogens is 2. The van der Waals surface area contributed by atoms with E-state index < -0.39 is 88.6 Å². The molecule has 0 saturated carbocycles. The summed E-state index contributed by atoms with van der Waals surface area (Å²) >= 11 is 0. The number of fused-ring (bicyclic) bond motifs is 4. The summed E-state index contributed by atoms with van der Waals surface area (Å²) < 4.78 is 119. The number of nitrogens with two attached hydrogens (primary N) is 1. The molecule has 4 unspecified atom stereocenters. The Hall–Kier alpha value is -6.05. The fraction of sp³-hybridized carbons (Fsp3) is 0.408. The van der Waals surface area contributed by atoms with Gasteiger partial charge in [-0.1, -0.05) is 78.9 Å². The fourth-order valence-electron chi connectivity index (χ4n) is 8.97. The molecule has 27 heteroatoms. The summed E-state index contributed by atoms with van der Waals surface area (Å²) in [6, 6.07) is 26.9. The zero-order valence-corrected chi connectivity index (χ0v) is 43.7. The Morgan fingerprint density at radius 2 is 1.04 bits per heavy atom. The fourth-order valence-corrected chi connectivity index (χ4v) is 10.7. The first kappa shape index (κ1) is 53.4. The van der Waals surface area contributed by atoms with Crippen molar-refractivity contribution in [1.29, 1.82) is 0 Å². The molecule has 4 aliphatic rings. The van der Waals surface area contributed by atoms with E-state index in [0.29, 0.717) is 16.7 Å². The molecule has 1 amide bonds. The van der Waals surface area contributed by atoms with E-state index in [9.17, 15) is 13.9 Å². The molecule has 10 atom stereocenters. The van der Waals surface area contributed by atoms with E-state index in [1.165, 1.54) is 47.8 Å². The van der Waals surface area contributed by atoms with Gasteiger partial charge in [-0.05, 0) is 51.0 Å². The van der Waals surface area contributed by atoms with Crippen LogP contribution in [-0.2, 0) is 68.9 Å². The minimum atomic E-state index is -3.68. The maximum atomic E-state index is 16.5. The van der Waals surface area contributed by atoms with Crippen molar-refractivity contribution in [3.05, 3.63) is 133 Å². The van der Waals surface area contributed by atoms with Gasteiger partial charge in [0.2, 0.25) is 0 Å². The Balaban J connectivity index is 0.000000177. The molecule has 4 aromatic heterocycles. The highest BCUT2D eigenvalue weighted by atomic mass is 31.2. The lowest BCUT2D eigenvalue weighted by molar-refractivity contribution is -0.262. The number of amides is 1. The van der Waals surface area contributed by atoms with Crippen LogP contribution >= 0.6 is 15.2 Å². The second kappa shape index (κ2) is 20.7. The molecule has 76 heavy (non-hydrogen) atoms. The van der Waals surface area contributed by atoms with Crippen LogP contribution in [0, 0.1) is 0 Å². The predicted octanol–water partition coefficient (Wildman–Crippen LogP) is 8.03. The van der Waals surface area contributed by atoms with Crippen LogP contribution in [0.1, 0.15) is 61.6 Å². The van der Waals surface area contributed by atoms with Crippen LogP contribution in [0.4, 0.5) is 20.4 Å². The number of nitrogens with one attached hydrogen (secondary N) is 1. The van der Waals surface area contributed by atoms with Gasteiger partial charge in [0.1, 0.15) is 43.6 Å². The van der Waals surface area contributed by atoms with E-state index in [4.69, 9.17) is 52.2 Å². The first-order chi connectivity index (χ1) is 36.1. The van der Waals surface area contributed by atoms with Crippen LogP contribution < -0.4 is 11.1 Å². The number of anilines is 2. The van der Waals surface area contributed by atoms with Crippen molar-refractivity contribution < 1.29 is 69.2 Å². The predicted molar refractivity (Wildman–Crippen MR) is 266 cm³/mol. The monoisotopic (exact) mass is 1090 g/mol. The van der Waals surface area contributed by atoms with Gasteiger partial charge < -0.3 is 57.6 Å². The number of aromatic nitrogens is 8. The molecular weight excluding hydrogens is 1040 g/mol. The van der Waals surface area contributed by atoms with Crippen molar-refractivity contribution in [2.45, 2.75) is 101 Å². The highest BCUT2D eigenvalue weighted by Crippen LogP contribution is 2.54. The van der Waals surface area contributed by atoms with Crippen molar-refractivity contribution in [2.24, 2.45) is 0 Å². The summed E-state index contributed by atoms with van der Waals surface area (Å²) in [5.74, 6) is -7.30. The Morgan fingerprint density at radius 3 is 1.53 bits per heavy atom. The van der Waals surface area contributed by atoms with Crippen LogP contribution in [0.5, 0.6) is 0 Å². The molecule has 0 bridgehead atoms. The van der Waals surface area contributed by atoms with Gasteiger partial charge >= 0.3 is 15.2 Å². The second-order valence-corrected chi connectivity index (χ2v) is 23.3. The van der Waals surface area contributed by atoms with Crippen LogP contribution in [0.2, 0.25) is 0 Å². The van der Waals surface area contributed by atoms with Crippen molar-refractivity contribution in [2.75, 3.05) is 37.6 Å². The summed E-state index contributed by atoms with van der Waals surface area (Å²) in [6.45, 7) is 7.84. The topological polar surface area (TPSA) is 269 Å². The average Bonchev–Trinajstić information content (AvgIpc) is 4.40. The molecule has 4 saturated heterocycles. The number of carbonyl (C=O) groups is 1. The van der Waals surface area contributed by atoms with E-state index >= 15 is 8.78 Å². The molecule has 4 fully saturated rings. The Bertz CT molecular complexity index is 3310. The van der Waals surface area contributed by atoms with Crippen LogP contribution in [0.15, 0.2) is 116 Å². The lowest BCUT2D eigenvalue weighted by atomic mass is 10.1. The largest absolute Gasteiger partial charge is 0.382 e. The summed E-state index contributed by atoms with van der Waals surface area (Å²) in [5.41, 5.74) is 9.14. The molecule has 0 spiro atoms. The van der Waals surface area contributed by atoms with Gasteiger partial charge in [-0.2, -0.15) is 0 Å². The van der Waals surface area contributed by atoms with Gasteiger partial charge in [0.05, 0.1) is 25.9 Å². The van der Waals surface area contributed by atoms with E-state index in [1.54, 1.807) is 58.0 Å². The number of nitrogens with zero attached hydrogens (tertiary/aromatic N) is 8. The number of alkyl halides is 2. The molecule has 0 aliphatic carbocycles. The quantitative estimate of drug-likeness (QED) is 0.0867. The lowest BCUT2D eigenvalue weighted by Crippen LogP contribution is -2.43. The van der Waals surface area contributed by atoms with Crippen LogP contribution in [0.25, 0.3) is 22.3 Å². The van der Waals surface area contributed by atoms with E-state index in [0.717, 1.165) is 11.1 Å². The average molecular weight is 1090 g/mol. The normalized spacial score (nSPS) is 27.8. The van der Waals surface area contributed by atoms with E-state index in [2.05, 4.69) is 35.2 Å². The highest BCUT2D eigenvalue weighted by Gasteiger charge is 2.66. The minimum absolute atomic E-state index is 0.0277. The molecule has 4 aliphatic heterocycles. The molecule has 3 N–H and O–H groups in total. The number of nitrogen functional groups attached to an aromatic ring is 1. The Labute approximate surface area is 433 Å². The maximum absolute atomic E-state index is 16.5. The first-order valence-electron chi connectivity index (χ1n) is 23.8. The van der Waals surface area contributed by atoms with Crippen LogP contribution in [-0.4, -0.2) is 119 Å². The first-order valence-corrected chi connectivity index (χ1v) is 27.8. The second-order valence-electron chi connectivity index (χ2n) is 19.2. The molecule has 23 nitrogen and oxygen atoms in total. The number of hydrogen-bond donors (Lipinski definition) is 2. The van der Waals surface area contributed by atoms with Crippen molar-refractivity contribution in [3.8, 4) is 0 Å². The van der Waals surface area contributed by atoms with Crippen molar-refractivity contribution in [3.63, 3.8) is 0 Å². The van der Waals surface area contributed by atoms with Gasteiger partial charge in [-0.3, -0.25) is 23.1 Å². The molecule has 3 aromatic carbocycles. The molecule has 11 rings (SSSR count). The molecule has 0 radical (unpaired) electrons. The standard InChI is InChI=1S/C28H29FN5O7P.C21H25FN5O6P/c1-27(2)39-21-22(40-27)28(29,15-38-42(3,36)37-14-18-10-6-4-7-11-18)41-26(21)34-17-32-20-23(30-16-31-24(20)34)33-25(35)19-12-8-5-9-13-19;1-20(2)31-15-16(32-20)21(22,10-30-34(3,28)29-9-13-7-5-4-6-8-13)33-19(15)27-12-26-14-17(23)24-11-25-18(14)27/h4-13,16-17,21-22,26H,14-15H2,1-3H3,(H,30,31,33,35);4-8,11-12,15-16,19H,9-10H2,1-3H3,(H2,23,24,25)/t21?,22-,26-,28-,42?;15?,16-,19-,21-,34?/m11/s1. The maximum Gasteiger partial charge on any atom is 0.328 e. The zero-order valence-electron chi connectivity index (χ0n) is 41.9. The number of benzene rings is 3. The SMILES string of the molecule is CC1(C)OC2[C@H](n3cnc4c(N)ncnc43)O[C@](F)(COP(C)(=O)OCc3ccccc3)[C@@H]2O1.CC1(C)OC2[C@H](n3cnc4c(NC(=O)c5ccccc5)ncnc43)O[C@](F)(COP(C)(=O)OCc3ccccc3)[C@@H]2O1. The molecular formula is C49H54F2N10O13P2. The number of hydrogen-bond acceptors (Lipinski definition) is 20. The summed E-state index contributed by atoms with van der Waals surface area (Å²) in [6.07, 6.45) is -0.940. The van der Waals surface area contributed by atoms with Gasteiger partial charge in [0, 0.05) is 18.9 Å². The summed E-state index contributed by atoms with van der Waals surface area (Å²) in [5, 5.41) is 2.74. The third-order valence-electron chi connectivity index (χ3n) is 12.5. The third-order valence-corrected chi connectivity index (χ3v) is 14.9. The lowest BCUT2D eigenvalue weighted by Gasteiger charge is -2.29. The number of ether oxygens (including phenoxy) is 6. The van der Waals surface area contributed by atoms with Crippen molar-refractivity contribution in [1.82, 2.24) is 39.0 Å². The number of imidazole rings is 2. The van der Waals surface area contributed by atoms with Gasteiger partial charge in [-0.15, -0.1) is 0 Å². The Kier molecular flexibility index (Phi) is 14.5. The molecule has 402 valence electrons. The number of carbonyl (C=O) groups excluding carboxylic acids is 1. The summed E-state index contributed by atoms with van der Waals surface area (Å²) in [7, 11) is -7.30. The van der Waals surface area contributed by atoms with Gasteiger partial charge in [0.25, 0.3) is 17.6 Å². The van der Waals surface area contributed by atoms with Crippen LogP contribution in [0.3, 0.4) is 0 Å². The van der Waals surface area contributed by atoms with Crippen molar-refractivity contribution >= 4 is 55.1 Å². The zero-order chi connectivity index (χ0) is 53.7. The van der Waals surface area contributed by atoms with Gasteiger partial charge in [0.15, 0.2) is 64.7 Å². The minimum Gasteiger partial charge on any atom is -0.382 e. The molecule has 7 aromatic rings. The Morgan fingerprint density at radius 1 is 0.605 bits per heavy atom. The van der Waals surface area contributed by atoms with E-state index in [-0.39, 0.29) is 41.9 Å². The smallest absolute Gasteiger partial charge is 0.328 e. The number of rotatable bonds is 16. The molecule has 8 heterocycles. The van der Waals surface area contributed by atoms with E-state index in [1.807, 2.05) is 60.7 Å². The summed E-state index contributed by atoms with van der Waals surface area (Å²) in [4.78, 5) is 37.9. The van der Waals surface area contributed by atoms with Gasteiger partial charge in [-0.25, -0.2) is 38.7 Å². The highest BCUT2D eigenvalue weighted by molar-refractivity contribution is 7.53. The third kappa shape index (κ3) is 11.3.